The molecule has 1 aromatic heterocycles. The lowest BCUT2D eigenvalue weighted by Crippen LogP contribution is -2.06. The molecule has 0 N–H and O–H groups in total. The number of carbonyl (C=O) groups is 1. The first-order chi connectivity index (χ1) is 12.5. The largest absolute Gasteiger partial charge is 0.455 e. The van der Waals surface area contributed by atoms with Crippen LogP contribution < -0.4 is 0 Å². The van der Waals surface area contributed by atoms with E-state index in [-0.39, 0.29) is 39.9 Å². The van der Waals surface area contributed by atoms with E-state index >= 15 is 0 Å². The number of hydrogen-bond acceptors (Lipinski definition) is 6. The van der Waals surface area contributed by atoms with E-state index in [4.69, 9.17) is 20.9 Å². The number of rotatable bonds is 5. The highest BCUT2D eigenvalue weighted by Crippen LogP contribution is 2.25. The maximum atomic E-state index is 13.7. The van der Waals surface area contributed by atoms with Crippen molar-refractivity contribution in [2.45, 2.75) is 6.61 Å². The summed E-state index contributed by atoms with van der Waals surface area (Å²) < 4.78 is 23.8. The van der Waals surface area contributed by atoms with Crippen LogP contribution >= 0.6 is 11.6 Å². The Morgan fingerprint density at radius 1 is 1.27 bits per heavy atom. The van der Waals surface area contributed by atoms with Crippen molar-refractivity contribution in [3.8, 4) is 11.3 Å². The van der Waals surface area contributed by atoms with Gasteiger partial charge in [-0.05, 0) is 18.2 Å². The zero-order chi connectivity index (χ0) is 18.7. The first-order valence-corrected chi connectivity index (χ1v) is 7.65. The minimum absolute atomic E-state index is 0.0211. The van der Waals surface area contributed by atoms with Crippen LogP contribution in [0.2, 0.25) is 5.02 Å². The number of ether oxygens (including phenoxy) is 1. The number of halogens is 2. The van der Waals surface area contributed by atoms with Crippen molar-refractivity contribution in [3.05, 3.63) is 80.7 Å². The van der Waals surface area contributed by atoms with E-state index in [0.717, 1.165) is 6.07 Å². The molecule has 0 aliphatic carbocycles. The molecule has 0 amide bonds. The van der Waals surface area contributed by atoms with Gasteiger partial charge >= 0.3 is 5.97 Å². The first kappa shape index (κ1) is 17.6. The van der Waals surface area contributed by atoms with Crippen LogP contribution in [0.3, 0.4) is 0 Å². The Balaban J connectivity index is 1.72. The van der Waals surface area contributed by atoms with Crippen molar-refractivity contribution in [2.24, 2.45) is 0 Å². The van der Waals surface area contributed by atoms with Crippen LogP contribution in [0.25, 0.3) is 11.3 Å². The van der Waals surface area contributed by atoms with Crippen molar-refractivity contribution >= 4 is 23.3 Å². The average molecular weight is 377 g/mol. The molecule has 0 spiro atoms. The molecule has 0 aliphatic heterocycles. The lowest BCUT2D eigenvalue weighted by molar-refractivity contribution is -0.384. The number of aromatic nitrogens is 1. The topological polar surface area (TPSA) is 95.5 Å². The van der Waals surface area contributed by atoms with Gasteiger partial charge in [0.15, 0.2) is 5.76 Å². The summed E-state index contributed by atoms with van der Waals surface area (Å²) in [6.07, 6.45) is 0. The fraction of sp³-hybridized carbons (Fsp3) is 0.0588. The Morgan fingerprint density at radius 3 is 2.77 bits per heavy atom. The second-order valence-corrected chi connectivity index (χ2v) is 5.57. The summed E-state index contributed by atoms with van der Waals surface area (Å²) in [7, 11) is 0. The number of non-ortho nitro benzene ring substituents is 1. The first-order valence-electron chi connectivity index (χ1n) is 7.27. The monoisotopic (exact) mass is 376 g/mol. The Labute approximate surface area is 151 Å². The van der Waals surface area contributed by atoms with E-state index in [1.54, 1.807) is 12.1 Å². The maximum Gasteiger partial charge on any atom is 0.340 e. The normalized spacial score (nSPS) is 10.5. The van der Waals surface area contributed by atoms with Crippen molar-refractivity contribution in [2.75, 3.05) is 0 Å². The number of nitro groups is 1. The number of hydrogen-bond donors (Lipinski definition) is 0. The molecule has 26 heavy (non-hydrogen) atoms. The predicted molar refractivity (Wildman–Crippen MR) is 89.1 cm³/mol. The van der Waals surface area contributed by atoms with Crippen LogP contribution in [0.1, 0.15) is 16.1 Å². The quantitative estimate of drug-likeness (QED) is 0.372. The summed E-state index contributed by atoms with van der Waals surface area (Å²) in [4.78, 5) is 22.2. The summed E-state index contributed by atoms with van der Waals surface area (Å²) >= 11 is 5.88. The predicted octanol–water partition coefficient (Wildman–Crippen LogP) is 4.40. The van der Waals surface area contributed by atoms with Gasteiger partial charge in [-0.1, -0.05) is 28.9 Å². The minimum Gasteiger partial charge on any atom is -0.455 e. The number of esters is 1. The van der Waals surface area contributed by atoms with Crippen molar-refractivity contribution in [1.29, 1.82) is 0 Å². The van der Waals surface area contributed by atoms with Gasteiger partial charge in [0.25, 0.3) is 5.69 Å². The van der Waals surface area contributed by atoms with Gasteiger partial charge in [0.05, 0.1) is 21.1 Å². The molecule has 7 nitrogen and oxygen atoms in total. The molecule has 9 heteroatoms. The van der Waals surface area contributed by atoms with E-state index in [2.05, 4.69) is 5.16 Å². The highest BCUT2D eigenvalue weighted by atomic mass is 35.5. The number of nitro benzene ring substituents is 1. The third-order valence-electron chi connectivity index (χ3n) is 3.43. The average Bonchev–Trinajstić information content (AvgIpc) is 3.09. The third kappa shape index (κ3) is 3.70. The molecule has 0 saturated heterocycles. The van der Waals surface area contributed by atoms with Gasteiger partial charge in [-0.25, -0.2) is 9.18 Å². The van der Waals surface area contributed by atoms with Gasteiger partial charge in [-0.3, -0.25) is 10.1 Å². The van der Waals surface area contributed by atoms with Gasteiger partial charge in [-0.15, -0.1) is 0 Å². The minimum atomic E-state index is -0.853. The molecular formula is C17H10ClFN2O5. The van der Waals surface area contributed by atoms with Gasteiger partial charge < -0.3 is 9.26 Å². The van der Waals surface area contributed by atoms with Crippen molar-refractivity contribution < 1.29 is 23.4 Å². The Morgan fingerprint density at radius 2 is 2.04 bits per heavy atom. The van der Waals surface area contributed by atoms with Crippen LogP contribution in [0.15, 0.2) is 53.1 Å². The van der Waals surface area contributed by atoms with Crippen LogP contribution in [-0.2, 0) is 11.3 Å². The summed E-state index contributed by atoms with van der Waals surface area (Å²) in [5.41, 5.74) is 0.0424. The van der Waals surface area contributed by atoms with E-state index in [9.17, 15) is 19.3 Å². The van der Waals surface area contributed by atoms with Crippen LogP contribution in [0, 0.1) is 15.9 Å². The summed E-state index contributed by atoms with van der Waals surface area (Å²) in [6, 6.07) is 10.9. The van der Waals surface area contributed by atoms with E-state index < -0.39 is 16.7 Å². The third-order valence-corrected chi connectivity index (χ3v) is 3.76. The van der Waals surface area contributed by atoms with Gasteiger partial charge in [0.1, 0.15) is 18.1 Å². The van der Waals surface area contributed by atoms with Gasteiger partial charge in [-0.2, -0.15) is 0 Å². The number of benzene rings is 2. The molecule has 0 unspecified atom stereocenters. The molecule has 2 aromatic carbocycles. The SMILES string of the molecule is O=C(OCc1cc(-c2ccccc2F)on1)c1cc([N+](=O)[O-])ccc1Cl. The Bertz CT molecular complexity index is 989. The standard InChI is InChI=1S/C17H10ClFN2O5/c18-14-6-5-11(21(23)24)8-13(14)17(22)25-9-10-7-16(26-20-10)12-3-1-2-4-15(12)19/h1-8H,9H2. The van der Waals surface area contributed by atoms with Crippen molar-refractivity contribution in [3.63, 3.8) is 0 Å². The highest BCUT2D eigenvalue weighted by Gasteiger charge is 2.18. The van der Waals surface area contributed by atoms with Crippen LogP contribution in [0.4, 0.5) is 10.1 Å². The molecule has 0 saturated carbocycles. The molecule has 132 valence electrons. The molecule has 0 fully saturated rings. The van der Waals surface area contributed by atoms with Gasteiger partial charge in [0.2, 0.25) is 0 Å². The smallest absolute Gasteiger partial charge is 0.340 e. The van der Waals surface area contributed by atoms with E-state index in [1.165, 1.54) is 30.3 Å². The van der Waals surface area contributed by atoms with Crippen LogP contribution in [0.5, 0.6) is 0 Å². The molecule has 0 radical (unpaired) electrons. The Kier molecular flexibility index (Phi) is 4.94. The zero-order valence-electron chi connectivity index (χ0n) is 13.0. The second-order valence-electron chi connectivity index (χ2n) is 5.16. The lowest BCUT2D eigenvalue weighted by Gasteiger charge is -2.04. The van der Waals surface area contributed by atoms with Gasteiger partial charge in [0, 0.05) is 18.2 Å². The summed E-state index contributed by atoms with van der Waals surface area (Å²) in [6.45, 7) is -0.268. The molecule has 0 bridgehead atoms. The number of carbonyl (C=O) groups excluding carboxylic acids is 1. The molecule has 1 heterocycles. The van der Waals surface area contributed by atoms with Crippen molar-refractivity contribution in [1.82, 2.24) is 5.16 Å². The molecule has 3 rings (SSSR count). The fourth-order valence-corrected chi connectivity index (χ4v) is 2.36. The number of nitrogens with zero attached hydrogens (tertiary/aromatic N) is 2. The fourth-order valence-electron chi connectivity index (χ4n) is 2.17. The van der Waals surface area contributed by atoms with E-state index in [1.807, 2.05) is 0 Å². The summed E-state index contributed by atoms with van der Waals surface area (Å²) in [5, 5.41) is 14.5. The lowest BCUT2D eigenvalue weighted by atomic mass is 10.1. The Hall–Kier alpha value is -3.26. The molecule has 0 atom stereocenters. The summed E-state index contributed by atoms with van der Waals surface area (Å²) in [5.74, 6) is -1.15. The highest BCUT2D eigenvalue weighted by molar-refractivity contribution is 6.33. The van der Waals surface area contributed by atoms with Crippen LogP contribution in [-0.4, -0.2) is 16.0 Å². The molecule has 0 aliphatic rings. The maximum absolute atomic E-state index is 13.7. The molecule has 3 aromatic rings. The van der Waals surface area contributed by atoms with E-state index in [0.29, 0.717) is 0 Å². The second kappa shape index (κ2) is 7.32. The zero-order valence-corrected chi connectivity index (χ0v) is 13.8. The molecular weight excluding hydrogens is 367 g/mol.